The summed E-state index contributed by atoms with van der Waals surface area (Å²) in [5, 5.41) is 11.4. The molecule has 0 heterocycles. The highest BCUT2D eigenvalue weighted by atomic mass is 16.8. The molecule has 0 N–H and O–H groups in total. The molecular formula is C8H10N2O5. The van der Waals surface area contributed by atoms with E-state index in [1.165, 1.54) is 6.07 Å². The lowest BCUT2D eigenvalue weighted by Crippen LogP contribution is -2.17. The highest BCUT2D eigenvalue weighted by Crippen LogP contribution is 1.90. The van der Waals surface area contributed by atoms with Crippen molar-refractivity contribution in [3.8, 4) is 6.07 Å². The minimum atomic E-state index is -1.09. The summed E-state index contributed by atoms with van der Waals surface area (Å²) < 4.78 is 8.81. The van der Waals surface area contributed by atoms with Gasteiger partial charge in [-0.25, -0.2) is 9.59 Å². The van der Waals surface area contributed by atoms with Crippen LogP contribution in [0.25, 0.3) is 0 Å². The molecule has 0 radical (unpaired) electrons. The Balaban J connectivity index is 4.30. The molecule has 0 bridgehead atoms. The number of nitriles is 1. The summed E-state index contributed by atoms with van der Waals surface area (Å²) >= 11 is 0. The van der Waals surface area contributed by atoms with E-state index in [-0.39, 0.29) is 13.2 Å². The topological polar surface area (TPSA) is 98.0 Å². The monoisotopic (exact) mass is 214 g/mol. The standard InChI is InChI=1S/C8H10N2O5/c1-3-13-7(11)6(5-9)10-15-8(12)14-4-2/h3-4H2,1-2H3. The van der Waals surface area contributed by atoms with Crippen molar-refractivity contribution in [2.45, 2.75) is 13.8 Å². The van der Waals surface area contributed by atoms with Crippen LogP contribution in [0, 0.1) is 11.3 Å². The zero-order valence-corrected chi connectivity index (χ0v) is 8.35. The van der Waals surface area contributed by atoms with Crippen molar-refractivity contribution >= 4 is 17.8 Å². The highest BCUT2D eigenvalue weighted by Gasteiger charge is 2.14. The molecule has 0 rings (SSSR count). The summed E-state index contributed by atoms with van der Waals surface area (Å²) in [6.45, 7) is 3.34. The van der Waals surface area contributed by atoms with Gasteiger partial charge in [0.1, 0.15) is 6.07 Å². The first kappa shape index (κ1) is 12.9. The van der Waals surface area contributed by atoms with Gasteiger partial charge in [0.15, 0.2) is 0 Å². The van der Waals surface area contributed by atoms with Crippen LogP contribution in [0.4, 0.5) is 4.79 Å². The van der Waals surface area contributed by atoms with Crippen LogP contribution in [0.1, 0.15) is 13.8 Å². The molecular weight excluding hydrogens is 204 g/mol. The van der Waals surface area contributed by atoms with Gasteiger partial charge in [-0.15, -0.1) is 0 Å². The van der Waals surface area contributed by atoms with E-state index in [4.69, 9.17) is 5.26 Å². The number of carbonyl (C=O) groups excluding carboxylic acids is 2. The second-order valence-electron chi connectivity index (χ2n) is 2.05. The fraction of sp³-hybridized carbons (Fsp3) is 0.500. The van der Waals surface area contributed by atoms with Gasteiger partial charge in [-0.1, -0.05) is 5.16 Å². The van der Waals surface area contributed by atoms with E-state index in [9.17, 15) is 9.59 Å². The Morgan fingerprint density at radius 3 is 2.33 bits per heavy atom. The normalized spacial score (nSPS) is 10.1. The van der Waals surface area contributed by atoms with Crippen molar-refractivity contribution in [3.05, 3.63) is 0 Å². The van der Waals surface area contributed by atoms with Crippen molar-refractivity contribution in [1.82, 2.24) is 0 Å². The summed E-state index contributed by atoms with van der Waals surface area (Å²) in [5.74, 6) is -0.954. The van der Waals surface area contributed by atoms with Crippen molar-refractivity contribution in [2.75, 3.05) is 13.2 Å². The minimum Gasteiger partial charge on any atom is -0.461 e. The minimum absolute atomic E-state index is 0.0962. The Morgan fingerprint density at radius 2 is 1.87 bits per heavy atom. The lowest BCUT2D eigenvalue weighted by Gasteiger charge is -1.99. The fourth-order valence-electron chi connectivity index (χ4n) is 0.530. The molecule has 0 saturated heterocycles. The van der Waals surface area contributed by atoms with E-state index >= 15 is 0 Å². The van der Waals surface area contributed by atoms with E-state index in [0.29, 0.717) is 0 Å². The molecule has 0 spiro atoms. The van der Waals surface area contributed by atoms with Crippen LogP contribution < -0.4 is 0 Å². The van der Waals surface area contributed by atoms with Crippen LogP contribution in [-0.4, -0.2) is 31.1 Å². The molecule has 7 nitrogen and oxygen atoms in total. The Morgan fingerprint density at radius 1 is 1.27 bits per heavy atom. The first-order valence-electron chi connectivity index (χ1n) is 4.14. The molecule has 0 aromatic carbocycles. The number of ether oxygens (including phenoxy) is 2. The molecule has 0 aromatic rings. The Labute approximate surface area is 86.2 Å². The second-order valence-corrected chi connectivity index (χ2v) is 2.05. The zero-order chi connectivity index (χ0) is 11.7. The van der Waals surface area contributed by atoms with Gasteiger partial charge in [-0.2, -0.15) is 5.26 Å². The fourth-order valence-corrected chi connectivity index (χ4v) is 0.530. The number of oxime groups is 1. The molecule has 82 valence electrons. The molecule has 0 unspecified atom stereocenters. The average molecular weight is 214 g/mol. The van der Waals surface area contributed by atoms with Gasteiger partial charge in [0.25, 0.3) is 5.71 Å². The predicted octanol–water partition coefficient (Wildman–Crippen LogP) is 0.602. The SMILES string of the molecule is CCOC(=O)ON=C(C#N)C(=O)OCC. The Bertz CT molecular complexity index is 305. The molecule has 7 heteroatoms. The van der Waals surface area contributed by atoms with Gasteiger partial charge in [0.05, 0.1) is 13.2 Å². The number of hydrogen-bond donors (Lipinski definition) is 0. The van der Waals surface area contributed by atoms with Crippen molar-refractivity contribution in [1.29, 1.82) is 5.26 Å². The summed E-state index contributed by atoms with van der Waals surface area (Å²) in [6.07, 6.45) is -1.09. The third-order valence-electron chi connectivity index (χ3n) is 1.05. The molecule has 0 amide bonds. The third kappa shape index (κ3) is 5.25. The van der Waals surface area contributed by atoms with Gasteiger partial charge in [-0.3, -0.25) is 4.84 Å². The molecule has 15 heavy (non-hydrogen) atoms. The highest BCUT2D eigenvalue weighted by molar-refractivity contribution is 6.42. The number of rotatable bonds is 4. The van der Waals surface area contributed by atoms with E-state index in [0.717, 1.165) is 0 Å². The summed E-state index contributed by atoms with van der Waals surface area (Å²) in [5.41, 5.74) is -0.648. The summed E-state index contributed by atoms with van der Waals surface area (Å²) in [7, 11) is 0. The van der Waals surface area contributed by atoms with E-state index in [1.807, 2.05) is 0 Å². The van der Waals surface area contributed by atoms with Crippen LogP contribution in [-0.2, 0) is 19.1 Å². The first-order chi connectivity index (χ1) is 7.15. The molecule has 0 fully saturated rings. The lowest BCUT2D eigenvalue weighted by molar-refractivity contribution is -0.135. The van der Waals surface area contributed by atoms with Crippen molar-refractivity contribution < 1.29 is 23.9 Å². The second kappa shape index (κ2) is 7.32. The van der Waals surface area contributed by atoms with Crippen LogP contribution in [0.15, 0.2) is 5.16 Å². The average Bonchev–Trinajstić information content (AvgIpc) is 2.19. The van der Waals surface area contributed by atoms with Crippen LogP contribution >= 0.6 is 0 Å². The van der Waals surface area contributed by atoms with Gasteiger partial charge in [0.2, 0.25) is 0 Å². The quantitative estimate of drug-likeness (QED) is 0.294. The smallest absolute Gasteiger partial charge is 0.461 e. The molecule has 0 atom stereocenters. The van der Waals surface area contributed by atoms with E-state index in [2.05, 4.69) is 19.5 Å². The maximum Gasteiger partial charge on any atom is 0.535 e. The number of carbonyl (C=O) groups is 2. The Kier molecular flexibility index (Phi) is 6.29. The largest absolute Gasteiger partial charge is 0.535 e. The number of hydrogen-bond acceptors (Lipinski definition) is 7. The molecule has 0 aromatic heterocycles. The lowest BCUT2D eigenvalue weighted by atomic mass is 10.4. The van der Waals surface area contributed by atoms with Crippen LogP contribution in [0.2, 0.25) is 0 Å². The maximum atomic E-state index is 10.9. The maximum absolute atomic E-state index is 10.9. The number of nitrogens with zero attached hydrogens (tertiary/aromatic N) is 2. The molecule has 0 saturated carbocycles. The van der Waals surface area contributed by atoms with E-state index in [1.54, 1.807) is 13.8 Å². The van der Waals surface area contributed by atoms with Crippen LogP contribution in [0.3, 0.4) is 0 Å². The Hall–Kier alpha value is -2.10. The van der Waals surface area contributed by atoms with Crippen molar-refractivity contribution in [2.24, 2.45) is 5.16 Å². The number of esters is 1. The van der Waals surface area contributed by atoms with Crippen LogP contribution in [0.5, 0.6) is 0 Å². The van der Waals surface area contributed by atoms with Gasteiger partial charge in [0, 0.05) is 0 Å². The third-order valence-corrected chi connectivity index (χ3v) is 1.05. The first-order valence-corrected chi connectivity index (χ1v) is 4.14. The predicted molar refractivity (Wildman–Crippen MR) is 47.8 cm³/mol. The van der Waals surface area contributed by atoms with Gasteiger partial charge >= 0.3 is 12.1 Å². The summed E-state index contributed by atoms with van der Waals surface area (Å²) in [6, 6.07) is 1.43. The van der Waals surface area contributed by atoms with E-state index < -0.39 is 17.8 Å². The van der Waals surface area contributed by atoms with Crippen molar-refractivity contribution in [3.63, 3.8) is 0 Å². The summed E-state index contributed by atoms with van der Waals surface area (Å²) in [4.78, 5) is 25.7. The molecule has 0 aliphatic carbocycles. The van der Waals surface area contributed by atoms with Gasteiger partial charge in [-0.05, 0) is 13.8 Å². The molecule has 0 aliphatic rings. The zero-order valence-electron chi connectivity index (χ0n) is 8.35. The molecule has 0 aliphatic heterocycles. The van der Waals surface area contributed by atoms with Gasteiger partial charge < -0.3 is 9.47 Å².